The molecule has 1 saturated heterocycles. The molecule has 0 unspecified atom stereocenters. The second kappa shape index (κ2) is 7.90. The zero-order chi connectivity index (χ0) is 18.6. The van der Waals surface area contributed by atoms with Crippen molar-refractivity contribution in [1.82, 2.24) is 10.2 Å². The van der Waals surface area contributed by atoms with Crippen molar-refractivity contribution in [2.75, 3.05) is 48.8 Å². The summed E-state index contributed by atoms with van der Waals surface area (Å²) in [5.41, 5.74) is 1.08. The number of anilines is 2. The van der Waals surface area contributed by atoms with E-state index in [0.29, 0.717) is 12.2 Å². The van der Waals surface area contributed by atoms with Gasteiger partial charge < -0.3 is 14.5 Å². The molecule has 0 saturated carbocycles. The molecule has 1 fully saturated rings. The van der Waals surface area contributed by atoms with Gasteiger partial charge in [-0.25, -0.2) is 8.42 Å². The molecule has 0 atom stereocenters. The van der Waals surface area contributed by atoms with Crippen LogP contribution in [0.15, 0.2) is 41.4 Å². The Balaban J connectivity index is 1.67. The molecule has 1 aromatic carbocycles. The molecule has 3 rings (SSSR count). The number of hydrogen-bond donors (Lipinski definition) is 0. The molecule has 26 heavy (non-hydrogen) atoms. The number of para-hydroxylation sites is 2. The van der Waals surface area contributed by atoms with E-state index in [1.54, 1.807) is 19.2 Å². The van der Waals surface area contributed by atoms with E-state index < -0.39 is 9.84 Å². The van der Waals surface area contributed by atoms with Crippen molar-refractivity contribution in [2.24, 2.45) is 0 Å². The minimum Gasteiger partial charge on any atom is -0.495 e. The SMILES string of the molecule is CCCS(=O)(=O)c1ccc(N2CCN(c3ccccc3OC)CC2)nn1. The van der Waals surface area contributed by atoms with Gasteiger partial charge in [0.05, 0.1) is 18.6 Å². The summed E-state index contributed by atoms with van der Waals surface area (Å²) in [5.74, 6) is 1.67. The van der Waals surface area contributed by atoms with E-state index >= 15 is 0 Å². The number of ether oxygens (including phenoxy) is 1. The van der Waals surface area contributed by atoms with Gasteiger partial charge >= 0.3 is 0 Å². The van der Waals surface area contributed by atoms with Crippen LogP contribution in [-0.2, 0) is 9.84 Å². The number of benzene rings is 1. The molecular weight excluding hydrogens is 352 g/mol. The molecule has 1 aliphatic rings. The second-order valence-electron chi connectivity index (χ2n) is 6.19. The number of nitrogens with zero attached hydrogens (tertiary/aromatic N) is 4. The molecule has 0 amide bonds. The Bertz CT molecular complexity index is 832. The van der Waals surface area contributed by atoms with Gasteiger partial charge in [-0.15, -0.1) is 10.2 Å². The third-order valence-electron chi connectivity index (χ3n) is 4.45. The fourth-order valence-corrected chi connectivity index (χ4v) is 4.28. The van der Waals surface area contributed by atoms with Crippen molar-refractivity contribution >= 4 is 21.3 Å². The van der Waals surface area contributed by atoms with E-state index in [9.17, 15) is 8.42 Å². The minimum absolute atomic E-state index is 0.0516. The van der Waals surface area contributed by atoms with Crippen molar-refractivity contribution in [3.8, 4) is 5.75 Å². The molecule has 2 heterocycles. The van der Waals surface area contributed by atoms with Crippen LogP contribution >= 0.6 is 0 Å². The van der Waals surface area contributed by atoms with E-state index in [1.165, 1.54) is 0 Å². The van der Waals surface area contributed by atoms with Crippen LogP contribution in [0.2, 0.25) is 0 Å². The average molecular weight is 376 g/mol. The molecule has 2 aromatic rings. The fraction of sp³-hybridized carbons (Fsp3) is 0.444. The fourth-order valence-electron chi connectivity index (χ4n) is 3.09. The predicted octanol–water partition coefficient (Wildman–Crippen LogP) is 2.00. The zero-order valence-corrected chi connectivity index (χ0v) is 15.9. The molecular formula is C18H24N4O3S. The van der Waals surface area contributed by atoms with Crippen molar-refractivity contribution in [2.45, 2.75) is 18.4 Å². The first kappa shape index (κ1) is 18.4. The Kier molecular flexibility index (Phi) is 5.61. The molecule has 1 aliphatic heterocycles. The van der Waals surface area contributed by atoms with Crippen molar-refractivity contribution in [3.63, 3.8) is 0 Å². The number of hydrogen-bond acceptors (Lipinski definition) is 7. The van der Waals surface area contributed by atoms with Crippen LogP contribution in [0.4, 0.5) is 11.5 Å². The highest BCUT2D eigenvalue weighted by Crippen LogP contribution is 2.29. The lowest BCUT2D eigenvalue weighted by Crippen LogP contribution is -2.47. The predicted molar refractivity (Wildman–Crippen MR) is 102 cm³/mol. The largest absolute Gasteiger partial charge is 0.495 e. The first-order valence-corrected chi connectivity index (χ1v) is 10.4. The van der Waals surface area contributed by atoms with Crippen molar-refractivity contribution < 1.29 is 13.2 Å². The minimum atomic E-state index is -3.32. The number of piperazine rings is 1. The monoisotopic (exact) mass is 376 g/mol. The highest BCUT2D eigenvalue weighted by molar-refractivity contribution is 7.91. The molecule has 0 bridgehead atoms. The van der Waals surface area contributed by atoms with E-state index in [1.807, 2.05) is 25.1 Å². The normalized spacial score (nSPS) is 15.2. The molecule has 140 valence electrons. The van der Waals surface area contributed by atoms with Crippen LogP contribution in [0.5, 0.6) is 5.75 Å². The van der Waals surface area contributed by atoms with Crippen LogP contribution in [0, 0.1) is 0 Å². The van der Waals surface area contributed by atoms with Gasteiger partial charge in [0.2, 0.25) is 0 Å². The number of sulfone groups is 1. The zero-order valence-electron chi connectivity index (χ0n) is 15.1. The maximum atomic E-state index is 12.0. The molecule has 0 spiro atoms. The average Bonchev–Trinajstić information content (AvgIpc) is 2.68. The summed E-state index contributed by atoms with van der Waals surface area (Å²) < 4.78 is 29.5. The summed E-state index contributed by atoms with van der Waals surface area (Å²) in [7, 11) is -1.65. The Morgan fingerprint density at radius 2 is 1.69 bits per heavy atom. The van der Waals surface area contributed by atoms with Crippen LogP contribution in [0.25, 0.3) is 0 Å². The smallest absolute Gasteiger partial charge is 0.197 e. The Morgan fingerprint density at radius 3 is 2.31 bits per heavy atom. The lowest BCUT2D eigenvalue weighted by atomic mass is 10.2. The Hall–Kier alpha value is -2.35. The third-order valence-corrected chi connectivity index (χ3v) is 6.25. The van der Waals surface area contributed by atoms with Gasteiger partial charge in [0, 0.05) is 26.2 Å². The topological polar surface area (TPSA) is 75.6 Å². The van der Waals surface area contributed by atoms with E-state index in [0.717, 1.165) is 37.6 Å². The summed E-state index contributed by atoms with van der Waals surface area (Å²) in [6.45, 7) is 5.07. The van der Waals surface area contributed by atoms with E-state index in [2.05, 4.69) is 26.1 Å². The van der Waals surface area contributed by atoms with Gasteiger partial charge in [-0.2, -0.15) is 0 Å². The summed E-state index contributed by atoms with van der Waals surface area (Å²) in [4.78, 5) is 4.40. The molecule has 0 radical (unpaired) electrons. The lowest BCUT2D eigenvalue weighted by molar-refractivity contribution is 0.413. The maximum absolute atomic E-state index is 12.0. The first-order valence-electron chi connectivity index (χ1n) is 8.74. The molecule has 7 nitrogen and oxygen atoms in total. The first-order chi connectivity index (χ1) is 12.5. The summed E-state index contributed by atoms with van der Waals surface area (Å²) in [6.07, 6.45) is 0.566. The highest BCUT2D eigenvalue weighted by atomic mass is 32.2. The number of aromatic nitrogens is 2. The summed E-state index contributed by atoms with van der Waals surface area (Å²) >= 11 is 0. The van der Waals surface area contributed by atoms with Gasteiger partial charge in [-0.3, -0.25) is 0 Å². The highest BCUT2D eigenvalue weighted by Gasteiger charge is 2.22. The summed E-state index contributed by atoms with van der Waals surface area (Å²) in [6, 6.07) is 11.3. The van der Waals surface area contributed by atoms with E-state index in [4.69, 9.17) is 4.74 Å². The van der Waals surface area contributed by atoms with Gasteiger partial charge in [-0.05, 0) is 30.7 Å². The third kappa shape index (κ3) is 3.90. The lowest BCUT2D eigenvalue weighted by Gasteiger charge is -2.37. The molecule has 0 N–H and O–H groups in total. The van der Waals surface area contributed by atoms with Gasteiger partial charge in [0.1, 0.15) is 5.75 Å². The molecule has 8 heteroatoms. The molecule has 0 aliphatic carbocycles. The van der Waals surface area contributed by atoms with Gasteiger partial charge in [0.25, 0.3) is 0 Å². The standard InChI is InChI=1S/C18H24N4O3S/c1-3-14-26(23,24)18-9-8-17(19-20-18)22-12-10-21(11-13-22)15-6-4-5-7-16(15)25-2/h4-9H,3,10-14H2,1-2H3. The van der Waals surface area contributed by atoms with Crippen LogP contribution < -0.4 is 14.5 Å². The van der Waals surface area contributed by atoms with Gasteiger partial charge in [-0.1, -0.05) is 19.1 Å². The van der Waals surface area contributed by atoms with Gasteiger partial charge in [0.15, 0.2) is 20.7 Å². The second-order valence-corrected chi connectivity index (χ2v) is 8.25. The Morgan fingerprint density at radius 1 is 1.00 bits per heavy atom. The molecule has 1 aromatic heterocycles. The van der Waals surface area contributed by atoms with Crippen molar-refractivity contribution in [1.29, 1.82) is 0 Å². The summed E-state index contributed by atoms with van der Waals surface area (Å²) in [5, 5.41) is 8.12. The quantitative estimate of drug-likeness (QED) is 0.763. The van der Waals surface area contributed by atoms with E-state index in [-0.39, 0.29) is 10.8 Å². The van der Waals surface area contributed by atoms with Crippen LogP contribution in [-0.4, -0.2) is 57.7 Å². The van der Waals surface area contributed by atoms with Crippen LogP contribution in [0.3, 0.4) is 0 Å². The maximum Gasteiger partial charge on any atom is 0.197 e. The van der Waals surface area contributed by atoms with Crippen molar-refractivity contribution in [3.05, 3.63) is 36.4 Å². The number of methoxy groups -OCH3 is 1. The van der Waals surface area contributed by atoms with Crippen LogP contribution in [0.1, 0.15) is 13.3 Å². The number of rotatable bonds is 6. The Labute approximate surface area is 154 Å².